The van der Waals surface area contributed by atoms with E-state index in [1.54, 1.807) is 0 Å². The lowest BCUT2D eigenvalue weighted by molar-refractivity contribution is 0.171. The third-order valence-corrected chi connectivity index (χ3v) is 4.12. The van der Waals surface area contributed by atoms with Crippen LogP contribution in [0, 0.1) is 0 Å². The Balaban J connectivity index is 1.61. The fourth-order valence-corrected chi connectivity index (χ4v) is 2.91. The Morgan fingerprint density at radius 1 is 1.00 bits per heavy atom. The summed E-state index contributed by atoms with van der Waals surface area (Å²) in [6.07, 6.45) is 3.37. The minimum Gasteiger partial charge on any atom is -0.486 e. The van der Waals surface area contributed by atoms with Crippen LogP contribution in [0.1, 0.15) is 30.0 Å². The molecule has 3 nitrogen and oxygen atoms in total. The summed E-state index contributed by atoms with van der Waals surface area (Å²) in [7, 11) is 2.02. The van der Waals surface area contributed by atoms with Crippen LogP contribution in [0.15, 0.2) is 48.5 Å². The Labute approximate surface area is 132 Å². The van der Waals surface area contributed by atoms with Gasteiger partial charge in [0, 0.05) is 6.04 Å². The summed E-state index contributed by atoms with van der Waals surface area (Å²) in [6, 6.07) is 17.3. The van der Waals surface area contributed by atoms with Gasteiger partial charge in [0.25, 0.3) is 0 Å². The van der Waals surface area contributed by atoms with Crippen molar-refractivity contribution >= 4 is 0 Å². The maximum Gasteiger partial charge on any atom is 0.161 e. The Hall–Kier alpha value is -2.00. The van der Waals surface area contributed by atoms with Crippen LogP contribution in [0.25, 0.3) is 0 Å². The van der Waals surface area contributed by atoms with Crippen molar-refractivity contribution < 1.29 is 9.47 Å². The predicted molar refractivity (Wildman–Crippen MR) is 88.6 cm³/mol. The van der Waals surface area contributed by atoms with Crippen molar-refractivity contribution in [2.75, 3.05) is 20.3 Å². The van der Waals surface area contributed by atoms with Gasteiger partial charge in [-0.1, -0.05) is 36.4 Å². The van der Waals surface area contributed by atoms with Crippen LogP contribution in [-0.2, 0) is 6.42 Å². The van der Waals surface area contributed by atoms with E-state index in [0.717, 1.165) is 30.8 Å². The van der Waals surface area contributed by atoms with Gasteiger partial charge in [0.15, 0.2) is 11.5 Å². The SMILES string of the molecule is CNC(CCCc1ccccc1)c1ccc2c(c1)OCCO2. The van der Waals surface area contributed by atoms with Gasteiger partial charge in [-0.15, -0.1) is 0 Å². The number of hydrogen-bond acceptors (Lipinski definition) is 3. The average Bonchev–Trinajstić information content (AvgIpc) is 2.59. The molecule has 22 heavy (non-hydrogen) atoms. The number of benzene rings is 2. The van der Waals surface area contributed by atoms with E-state index in [0.29, 0.717) is 19.3 Å². The second-order valence-electron chi connectivity index (χ2n) is 5.62. The zero-order chi connectivity index (χ0) is 15.2. The molecule has 0 saturated heterocycles. The molecule has 1 unspecified atom stereocenters. The van der Waals surface area contributed by atoms with Crippen molar-refractivity contribution in [2.24, 2.45) is 0 Å². The molecule has 2 aromatic rings. The van der Waals surface area contributed by atoms with Gasteiger partial charge in [-0.25, -0.2) is 0 Å². The number of fused-ring (bicyclic) bond motifs is 1. The molecule has 0 aliphatic carbocycles. The molecule has 1 aliphatic rings. The van der Waals surface area contributed by atoms with Gasteiger partial charge < -0.3 is 14.8 Å². The van der Waals surface area contributed by atoms with Crippen molar-refractivity contribution in [1.82, 2.24) is 5.32 Å². The van der Waals surface area contributed by atoms with Crippen molar-refractivity contribution in [2.45, 2.75) is 25.3 Å². The van der Waals surface area contributed by atoms with Gasteiger partial charge in [0.05, 0.1) is 0 Å². The van der Waals surface area contributed by atoms with Crippen LogP contribution in [-0.4, -0.2) is 20.3 Å². The molecule has 0 spiro atoms. The first-order valence-electron chi connectivity index (χ1n) is 7.97. The maximum atomic E-state index is 5.68. The van der Waals surface area contributed by atoms with Crippen LogP contribution in [0.5, 0.6) is 11.5 Å². The quantitative estimate of drug-likeness (QED) is 0.881. The number of ether oxygens (including phenoxy) is 2. The highest BCUT2D eigenvalue weighted by atomic mass is 16.6. The van der Waals surface area contributed by atoms with E-state index in [1.165, 1.54) is 11.1 Å². The van der Waals surface area contributed by atoms with Crippen LogP contribution in [0.3, 0.4) is 0 Å². The van der Waals surface area contributed by atoms with Crippen molar-refractivity contribution in [3.05, 3.63) is 59.7 Å². The first kappa shape index (κ1) is 14.9. The fraction of sp³-hybridized carbons (Fsp3) is 0.368. The summed E-state index contributed by atoms with van der Waals surface area (Å²) in [4.78, 5) is 0. The third-order valence-electron chi connectivity index (χ3n) is 4.12. The monoisotopic (exact) mass is 297 g/mol. The number of hydrogen-bond donors (Lipinski definition) is 1. The summed E-state index contributed by atoms with van der Waals surface area (Å²) in [6.45, 7) is 1.27. The highest BCUT2D eigenvalue weighted by molar-refractivity contribution is 5.44. The highest BCUT2D eigenvalue weighted by Crippen LogP contribution is 2.33. The van der Waals surface area contributed by atoms with Gasteiger partial charge in [-0.3, -0.25) is 0 Å². The zero-order valence-electron chi connectivity index (χ0n) is 13.0. The predicted octanol–water partition coefficient (Wildman–Crippen LogP) is 3.74. The molecule has 1 atom stereocenters. The normalized spacial score (nSPS) is 14.6. The third kappa shape index (κ3) is 3.60. The first-order chi connectivity index (χ1) is 10.9. The van der Waals surface area contributed by atoms with Crippen LogP contribution >= 0.6 is 0 Å². The van der Waals surface area contributed by atoms with Crippen molar-refractivity contribution in [3.8, 4) is 11.5 Å². The molecule has 2 aromatic carbocycles. The Bertz CT molecular complexity index is 598. The number of rotatable bonds is 6. The first-order valence-corrected chi connectivity index (χ1v) is 7.97. The van der Waals surface area contributed by atoms with Gasteiger partial charge in [-0.2, -0.15) is 0 Å². The molecule has 0 fully saturated rings. The molecule has 0 aromatic heterocycles. The second kappa shape index (κ2) is 7.32. The maximum absolute atomic E-state index is 5.68. The summed E-state index contributed by atoms with van der Waals surface area (Å²) < 4.78 is 11.3. The average molecular weight is 297 g/mol. The van der Waals surface area contributed by atoms with E-state index >= 15 is 0 Å². The molecular weight excluding hydrogens is 274 g/mol. The second-order valence-corrected chi connectivity index (χ2v) is 5.62. The van der Waals surface area contributed by atoms with E-state index in [9.17, 15) is 0 Å². The molecule has 3 heteroatoms. The Morgan fingerprint density at radius 3 is 2.55 bits per heavy atom. The molecule has 0 bridgehead atoms. The molecule has 1 heterocycles. The number of aryl methyl sites for hydroxylation is 1. The zero-order valence-corrected chi connectivity index (χ0v) is 13.0. The standard InChI is InChI=1S/C19H23NO2/c1-20-17(9-5-8-15-6-3-2-4-7-15)16-10-11-18-19(14-16)22-13-12-21-18/h2-4,6-7,10-11,14,17,20H,5,8-9,12-13H2,1H3. The minimum absolute atomic E-state index is 0.347. The summed E-state index contributed by atoms with van der Waals surface area (Å²) in [5, 5.41) is 3.42. The van der Waals surface area contributed by atoms with Gasteiger partial charge in [-0.05, 0) is 49.6 Å². The number of nitrogens with one attached hydrogen (secondary N) is 1. The van der Waals surface area contributed by atoms with Gasteiger partial charge in [0.1, 0.15) is 13.2 Å². The van der Waals surface area contributed by atoms with Crippen molar-refractivity contribution in [3.63, 3.8) is 0 Å². The van der Waals surface area contributed by atoms with E-state index in [-0.39, 0.29) is 0 Å². The Morgan fingerprint density at radius 2 is 1.77 bits per heavy atom. The van der Waals surface area contributed by atoms with Crippen LogP contribution in [0.4, 0.5) is 0 Å². The van der Waals surface area contributed by atoms with E-state index in [1.807, 2.05) is 13.1 Å². The topological polar surface area (TPSA) is 30.5 Å². The minimum atomic E-state index is 0.347. The Kier molecular flexibility index (Phi) is 4.96. The lowest BCUT2D eigenvalue weighted by atomic mass is 9.98. The fourth-order valence-electron chi connectivity index (χ4n) is 2.91. The summed E-state index contributed by atoms with van der Waals surface area (Å²) in [5.74, 6) is 1.72. The van der Waals surface area contributed by atoms with Gasteiger partial charge >= 0.3 is 0 Å². The van der Waals surface area contributed by atoms with E-state index < -0.39 is 0 Å². The molecule has 1 aliphatic heterocycles. The van der Waals surface area contributed by atoms with Gasteiger partial charge in [0.2, 0.25) is 0 Å². The smallest absolute Gasteiger partial charge is 0.161 e. The summed E-state index contributed by atoms with van der Waals surface area (Å²) >= 11 is 0. The van der Waals surface area contributed by atoms with Crippen LogP contribution < -0.4 is 14.8 Å². The molecule has 0 amide bonds. The molecule has 1 N–H and O–H groups in total. The van der Waals surface area contributed by atoms with Crippen molar-refractivity contribution in [1.29, 1.82) is 0 Å². The molecule has 3 rings (SSSR count). The highest BCUT2D eigenvalue weighted by Gasteiger charge is 2.15. The van der Waals surface area contributed by atoms with Crippen LogP contribution in [0.2, 0.25) is 0 Å². The van der Waals surface area contributed by atoms with E-state index in [2.05, 4.69) is 47.8 Å². The molecule has 0 saturated carbocycles. The molecular formula is C19H23NO2. The van der Waals surface area contributed by atoms with E-state index in [4.69, 9.17) is 9.47 Å². The molecule has 0 radical (unpaired) electrons. The lowest BCUT2D eigenvalue weighted by Crippen LogP contribution is -2.19. The lowest BCUT2D eigenvalue weighted by Gasteiger charge is -2.22. The molecule has 116 valence electrons. The largest absolute Gasteiger partial charge is 0.486 e. The summed E-state index contributed by atoms with van der Waals surface area (Å²) in [5.41, 5.74) is 2.67.